The zero-order valence-electron chi connectivity index (χ0n) is 7.03. The third kappa shape index (κ3) is 4.49. The van der Waals surface area contributed by atoms with E-state index in [1.807, 2.05) is 0 Å². The Morgan fingerprint density at radius 1 is 1.25 bits per heavy atom. The molecule has 0 fully saturated rings. The Balaban J connectivity index is 4.06. The van der Waals surface area contributed by atoms with Gasteiger partial charge in [0.15, 0.2) is 0 Å². The molecule has 0 aliphatic heterocycles. The highest BCUT2D eigenvalue weighted by atomic mass is 32.3. The Bertz CT molecular complexity index is 164. The molecule has 0 bridgehead atoms. The lowest BCUT2D eigenvalue weighted by Crippen LogP contribution is -2.12. The van der Waals surface area contributed by atoms with E-state index in [4.69, 9.17) is 0 Å². The van der Waals surface area contributed by atoms with Crippen LogP contribution in [0.4, 0.5) is 13.2 Å². The molecule has 0 rings (SSSR count). The fourth-order valence-corrected chi connectivity index (χ4v) is 1.71. The number of halogens is 3. The Kier molecular flexibility index (Phi) is 3.90. The molecule has 0 aliphatic rings. The van der Waals surface area contributed by atoms with Gasteiger partial charge in [-0.3, -0.25) is 0 Å². The maximum atomic E-state index is 11.8. The van der Waals surface area contributed by atoms with Crippen LogP contribution in [0.3, 0.4) is 0 Å². The van der Waals surface area contributed by atoms with E-state index in [0.29, 0.717) is 0 Å². The van der Waals surface area contributed by atoms with Gasteiger partial charge in [-0.1, -0.05) is 24.0 Å². The summed E-state index contributed by atoms with van der Waals surface area (Å²) in [6.45, 7) is 7.01. The first-order valence-electron chi connectivity index (χ1n) is 3.41. The zero-order valence-corrected chi connectivity index (χ0v) is 7.84. The molecule has 12 heavy (non-hydrogen) atoms. The van der Waals surface area contributed by atoms with E-state index >= 15 is 0 Å². The van der Waals surface area contributed by atoms with E-state index in [9.17, 15) is 13.2 Å². The molecule has 0 spiro atoms. The van der Waals surface area contributed by atoms with E-state index in [0.717, 1.165) is 0 Å². The third-order valence-electron chi connectivity index (χ3n) is 1.59. The predicted octanol–water partition coefficient (Wildman–Crippen LogP) is 3.66. The molecule has 0 saturated carbocycles. The maximum absolute atomic E-state index is 11.8. The van der Waals surface area contributed by atoms with Gasteiger partial charge in [0.2, 0.25) is 0 Å². The van der Waals surface area contributed by atoms with Crippen molar-refractivity contribution >= 4 is 10.0 Å². The van der Waals surface area contributed by atoms with Crippen LogP contribution in [0.2, 0.25) is 0 Å². The van der Waals surface area contributed by atoms with Crippen LogP contribution in [0, 0.1) is 0 Å². The lowest BCUT2D eigenvalue weighted by Gasteiger charge is -2.27. The number of alkyl halides is 3. The molecule has 0 unspecified atom stereocenters. The Morgan fingerprint density at radius 2 is 1.67 bits per heavy atom. The monoisotopic (exact) mass is 198 g/mol. The summed E-state index contributed by atoms with van der Waals surface area (Å²) in [5.41, 5.74) is 0. The average molecular weight is 198 g/mol. The normalized spacial score (nSPS) is 14.0. The fraction of sp³-hybridized carbons (Fsp3) is 0.500. The largest absolute Gasteiger partial charge is 0.389 e. The molecule has 0 amide bonds. The number of hydrogen-bond donors (Lipinski definition) is 0. The van der Waals surface area contributed by atoms with Crippen molar-refractivity contribution in [1.29, 1.82) is 0 Å². The van der Waals surface area contributed by atoms with Crippen LogP contribution in [-0.2, 0) is 0 Å². The van der Waals surface area contributed by atoms with Crippen molar-refractivity contribution in [1.82, 2.24) is 0 Å². The molecule has 0 aromatic rings. The maximum Gasteiger partial charge on any atom is 0.389 e. The fourth-order valence-electron chi connectivity index (χ4n) is 0.570. The van der Waals surface area contributed by atoms with Gasteiger partial charge < -0.3 is 0 Å². The standard InChI is InChI=1S/C8H13F3S/c1-4-12(3,5-2)7-6-8(9,10)11/h4-5H,1-2,6-7H2,3H3. The molecule has 0 aromatic carbocycles. The summed E-state index contributed by atoms with van der Waals surface area (Å²) in [5.74, 6) is 0.101. The van der Waals surface area contributed by atoms with Gasteiger partial charge in [0.25, 0.3) is 0 Å². The van der Waals surface area contributed by atoms with Crippen LogP contribution in [-0.4, -0.2) is 18.2 Å². The van der Waals surface area contributed by atoms with Gasteiger partial charge in [-0.15, -0.1) is 0 Å². The van der Waals surface area contributed by atoms with Crippen LogP contribution in [0.15, 0.2) is 24.0 Å². The molecule has 72 valence electrons. The van der Waals surface area contributed by atoms with Crippen molar-refractivity contribution in [2.24, 2.45) is 0 Å². The van der Waals surface area contributed by atoms with Crippen molar-refractivity contribution in [2.75, 3.05) is 12.0 Å². The third-order valence-corrected chi connectivity index (χ3v) is 4.19. The number of rotatable bonds is 4. The van der Waals surface area contributed by atoms with Crippen molar-refractivity contribution in [3.63, 3.8) is 0 Å². The van der Waals surface area contributed by atoms with Crippen molar-refractivity contribution in [3.8, 4) is 0 Å². The summed E-state index contributed by atoms with van der Waals surface area (Å²) < 4.78 is 35.4. The van der Waals surface area contributed by atoms with E-state index in [1.54, 1.807) is 17.1 Å². The van der Waals surface area contributed by atoms with Crippen LogP contribution in [0.1, 0.15) is 6.42 Å². The van der Waals surface area contributed by atoms with Crippen LogP contribution < -0.4 is 0 Å². The Hall–Kier alpha value is -0.380. The molecular formula is C8H13F3S. The van der Waals surface area contributed by atoms with Gasteiger partial charge in [0, 0.05) is 0 Å². The minimum Gasteiger partial charge on any atom is -0.205 e. The molecule has 0 atom stereocenters. The second kappa shape index (κ2) is 4.03. The minimum atomic E-state index is -4.07. The zero-order chi connectivity index (χ0) is 9.83. The molecule has 0 nitrogen and oxygen atoms in total. The SMILES string of the molecule is C=CS(C)(C=C)CCC(F)(F)F. The first kappa shape index (κ1) is 11.6. The second-order valence-electron chi connectivity index (χ2n) is 2.63. The lowest BCUT2D eigenvalue weighted by molar-refractivity contribution is -0.129. The van der Waals surface area contributed by atoms with Gasteiger partial charge >= 0.3 is 6.18 Å². The molecule has 4 heteroatoms. The first-order valence-corrected chi connectivity index (χ1v) is 5.74. The van der Waals surface area contributed by atoms with Gasteiger partial charge in [-0.05, 0) is 12.0 Å². The highest BCUT2D eigenvalue weighted by molar-refractivity contribution is 8.37. The van der Waals surface area contributed by atoms with Crippen molar-refractivity contribution < 1.29 is 13.2 Å². The smallest absolute Gasteiger partial charge is 0.205 e. The molecule has 0 N–H and O–H groups in total. The Labute approximate surface area is 72.5 Å². The van der Waals surface area contributed by atoms with E-state index in [-0.39, 0.29) is 5.75 Å². The van der Waals surface area contributed by atoms with Crippen molar-refractivity contribution in [2.45, 2.75) is 12.6 Å². The average Bonchev–Trinajstić information content (AvgIpc) is 1.99. The topological polar surface area (TPSA) is 0 Å². The highest BCUT2D eigenvalue weighted by Crippen LogP contribution is 2.48. The summed E-state index contributed by atoms with van der Waals surface area (Å²) in [4.78, 5) is 0. The summed E-state index contributed by atoms with van der Waals surface area (Å²) in [7, 11) is -1.44. The van der Waals surface area contributed by atoms with E-state index in [1.165, 1.54) is 0 Å². The summed E-state index contributed by atoms with van der Waals surface area (Å²) in [6, 6.07) is 0. The highest BCUT2D eigenvalue weighted by Gasteiger charge is 2.28. The van der Waals surface area contributed by atoms with Gasteiger partial charge in [-0.2, -0.15) is 13.2 Å². The minimum absolute atomic E-state index is 0.101. The molecule has 0 radical (unpaired) electrons. The molecular weight excluding hydrogens is 185 g/mol. The quantitative estimate of drug-likeness (QED) is 0.646. The number of hydrogen-bond acceptors (Lipinski definition) is 0. The van der Waals surface area contributed by atoms with E-state index in [2.05, 4.69) is 13.2 Å². The van der Waals surface area contributed by atoms with Crippen molar-refractivity contribution in [3.05, 3.63) is 24.0 Å². The molecule has 0 aliphatic carbocycles. The van der Waals surface area contributed by atoms with Crippen LogP contribution in [0.25, 0.3) is 0 Å². The van der Waals surface area contributed by atoms with Crippen LogP contribution in [0.5, 0.6) is 0 Å². The predicted molar refractivity (Wildman–Crippen MR) is 49.4 cm³/mol. The van der Waals surface area contributed by atoms with Crippen LogP contribution >= 0.6 is 10.0 Å². The lowest BCUT2D eigenvalue weighted by atomic mass is 10.5. The Morgan fingerprint density at radius 3 is 1.92 bits per heavy atom. The second-order valence-corrected chi connectivity index (χ2v) is 6.17. The summed E-state index contributed by atoms with van der Waals surface area (Å²) in [5, 5.41) is 3.15. The molecule has 0 saturated heterocycles. The van der Waals surface area contributed by atoms with E-state index < -0.39 is 22.6 Å². The van der Waals surface area contributed by atoms with Gasteiger partial charge in [0.05, 0.1) is 6.42 Å². The molecule has 0 aromatic heterocycles. The van der Waals surface area contributed by atoms with Gasteiger partial charge in [-0.25, -0.2) is 10.0 Å². The molecule has 0 heterocycles. The summed E-state index contributed by atoms with van der Waals surface area (Å²) >= 11 is 0. The summed E-state index contributed by atoms with van der Waals surface area (Å²) in [6.07, 6.45) is -3.06. The first-order chi connectivity index (χ1) is 5.33. The van der Waals surface area contributed by atoms with Gasteiger partial charge in [0.1, 0.15) is 0 Å².